The molecule has 1 aromatic carbocycles. The molecule has 7 nitrogen and oxygen atoms in total. The maximum atomic E-state index is 12.5. The molecular formula is C20H25N5O2. The van der Waals surface area contributed by atoms with Crippen LogP contribution in [0.15, 0.2) is 41.6 Å². The summed E-state index contributed by atoms with van der Waals surface area (Å²) in [7, 11) is 1.72. The number of nitrogens with zero attached hydrogens (tertiary/aromatic N) is 4. The van der Waals surface area contributed by atoms with Crippen LogP contribution in [0.25, 0.3) is 11.0 Å². The van der Waals surface area contributed by atoms with Crippen LogP contribution in [0.1, 0.15) is 44.9 Å². The fourth-order valence-corrected chi connectivity index (χ4v) is 2.98. The Morgan fingerprint density at radius 2 is 1.89 bits per heavy atom. The zero-order chi connectivity index (χ0) is 19.8. The summed E-state index contributed by atoms with van der Waals surface area (Å²) in [6.45, 7) is 8.34. The van der Waals surface area contributed by atoms with Gasteiger partial charge in [-0.2, -0.15) is 5.10 Å². The van der Waals surface area contributed by atoms with Crippen molar-refractivity contribution in [1.82, 2.24) is 24.6 Å². The van der Waals surface area contributed by atoms with Crippen molar-refractivity contribution in [2.24, 2.45) is 7.05 Å². The molecule has 0 bridgehead atoms. The molecule has 0 saturated carbocycles. The van der Waals surface area contributed by atoms with E-state index in [0.717, 1.165) is 5.56 Å². The summed E-state index contributed by atoms with van der Waals surface area (Å²) in [5.74, 6) is -0.241. The minimum Gasteiger partial charge on any atom is -0.348 e. The van der Waals surface area contributed by atoms with Crippen LogP contribution in [-0.2, 0) is 23.8 Å². The molecule has 1 atom stereocenters. The zero-order valence-electron chi connectivity index (χ0n) is 16.4. The van der Waals surface area contributed by atoms with Gasteiger partial charge in [-0.25, -0.2) is 4.98 Å². The number of rotatable bonds is 4. The average molecular weight is 367 g/mol. The second-order valence-electron chi connectivity index (χ2n) is 7.84. The topological polar surface area (TPSA) is 81.8 Å². The van der Waals surface area contributed by atoms with Gasteiger partial charge >= 0.3 is 0 Å². The molecule has 0 fully saturated rings. The number of hydrogen-bond acceptors (Lipinski definition) is 4. The lowest BCUT2D eigenvalue weighted by Crippen LogP contribution is -2.34. The number of aryl methyl sites for hydroxylation is 1. The summed E-state index contributed by atoms with van der Waals surface area (Å²) in [5, 5.41) is 7.37. The minimum atomic E-state index is -0.273. The van der Waals surface area contributed by atoms with Crippen molar-refractivity contribution in [2.75, 3.05) is 0 Å². The molecule has 0 aliphatic carbocycles. The second-order valence-corrected chi connectivity index (χ2v) is 7.84. The Kier molecular flexibility index (Phi) is 4.87. The molecule has 3 aromatic rings. The first-order chi connectivity index (χ1) is 12.7. The number of amides is 1. The van der Waals surface area contributed by atoms with Crippen molar-refractivity contribution in [3.63, 3.8) is 0 Å². The summed E-state index contributed by atoms with van der Waals surface area (Å²) in [5.41, 5.74) is 2.58. The first-order valence-electron chi connectivity index (χ1n) is 8.94. The number of hydrogen-bond donors (Lipinski definition) is 1. The van der Waals surface area contributed by atoms with Crippen molar-refractivity contribution >= 4 is 16.9 Å². The molecule has 2 heterocycles. The minimum absolute atomic E-state index is 0.0823. The van der Waals surface area contributed by atoms with Gasteiger partial charge < -0.3 is 5.32 Å². The highest BCUT2D eigenvalue weighted by molar-refractivity contribution is 5.77. The molecule has 3 rings (SSSR count). The van der Waals surface area contributed by atoms with Crippen LogP contribution >= 0.6 is 0 Å². The summed E-state index contributed by atoms with van der Waals surface area (Å²) in [4.78, 5) is 29.1. The highest BCUT2D eigenvalue weighted by Crippen LogP contribution is 2.23. The zero-order valence-corrected chi connectivity index (χ0v) is 16.4. The third-order valence-corrected chi connectivity index (χ3v) is 4.69. The molecule has 1 amide bonds. The van der Waals surface area contributed by atoms with Crippen LogP contribution in [0.5, 0.6) is 0 Å². The monoisotopic (exact) mass is 367 g/mol. The molecule has 0 aliphatic heterocycles. The van der Waals surface area contributed by atoms with Gasteiger partial charge in [0.25, 0.3) is 5.56 Å². The number of aromatic nitrogens is 4. The lowest BCUT2D eigenvalue weighted by molar-refractivity contribution is -0.122. The molecule has 0 saturated heterocycles. The fraction of sp³-hybridized carbons (Fsp3) is 0.400. The maximum absolute atomic E-state index is 12.5. The van der Waals surface area contributed by atoms with Crippen LogP contribution in [-0.4, -0.2) is 25.2 Å². The van der Waals surface area contributed by atoms with Crippen molar-refractivity contribution in [3.8, 4) is 0 Å². The van der Waals surface area contributed by atoms with E-state index in [1.54, 1.807) is 7.05 Å². The van der Waals surface area contributed by atoms with Crippen LogP contribution in [0.3, 0.4) is 0 Å². The first kappa shape index (κ1) is 18.8. The quantitative estimate of drug-likeness (QED) is 0.767. The van der Waals surface area contributed by atoms with Crippen molar-refractivity contribution in [3.05, 3.63) is 58.3 Å². The average Bonchev–Trinajstić information content (AvgIpc) is 2.98. The van der Waals surface area contributed by atoms with Gasteiger partial charge in [-0.15, -0.1) is 0 Å². The van der Waals surface area contributed by atoms with Gasteiger partial charge in [0.2, 0.25) is 5.91 Å². The van der Waals surface area contributed by atoms with Crippen LogP contribution in [0.4, 0.5) is 0 Å². The van der Waals surface area contributed by atoms with Gasteiger partial charge in [0, 0.05) is 7.05 Å². The number of benzene rings is 1. The summed E-state index contributed by atoms with van der Waals surface area (Å²) in [6.07, 6.45) is 2.85. The largest absolute Gasteiger partial charge is 0.348 e. The van der Waals surface area contributed by atoms with E-state index in [2.05, 4.69) is 48.3 Å². The normalized spacial score (nSPS) is 12.9. The predicted octanol–water partition coefficient (Wildman–Crippen LogP) is 2.30. The molecule has 1 unspecified atom stereocenters. The summed E-state index contributed by atoms with van der Waals surface area (Å²) >= 11 is 0. The maximum Gasteiger partial charge on any atom is 0.264 e. The Morgan fingerprint density at radius 3 is 2.52 bits per heavy atom. The Bertz CT molecular complexity index is 1030. The van der Waals surface area contributed by atoms with Gasteiger partial charge in [-0.05, 0) is 23.5 Å². The van der Waals surface area contributed by atoms with Crippen LogP contribution < -0.4 is 10.9 Å². The van der Waals surface area contributed by atoms with E-state index in [9.17, 15) is 9.59 Å². The fourth-order valence-electron chi connectivity index (χ4n) is 2.98. The van der Waals surface area contributed by atoms with E-state index in [1.165, 1.54) is 27.3 Å². The van der Waals surface area contributed by atoms with Gasteiger partial charge in [0.1, 0.15) is 18.3 Å². The number of fused-ring (bicyclic) bond motifs is 1. The summed E-state index contributed by atoms with van der Waals surface area (Å²) in [6, 6.07) is 8.07. The first-order valence-corrected chi connectivity index (χ1v) is 8.94. The van der Waals surface area contributed by atoms with E-state index >= 15 is 0 Å². The highest BCUT2D eigenvalue weighted by Gasteiger charge is 2.16. The standard InChI is InChI=1S/C20H25N5O2/c1-13(14-6-8-15(9-7-14)20(2,3)4)23-17(26)11-25-12-21-18-16(19(25)27)10-22-24(18)5/h6-10,12-13H,11H2,1-5H3,(H,23,26). The Hall–Kier alpha value is -2.96. The van der Waals surface area contributed by atoms with E-state index in [1.807, 2.05) is 19.1 Å². The smallest absolute Gasteiger partial charge is 0.264 e. The van der Waals surface area contributed by atoms with Crippen molar-refractivity contribution < 1.29 is 4.79 Å². The third kappa shape index (κ3) is 3.92. The summed E-state index contributed by atoms with van der Waals surface area (Å²) < 4.78 is 2.83. The molecule has 2 aromatic heterocycles. The molecule has 27 heavy (non-hydrogen) atoms. The SMILES string of the molecule is CC(NC(=O)Cn1cnc2c(cnn2C)c1=O)c1ccc(C(C)(C)C)cc1. The van der Waals surface area contributed by atoms with E-state index in [4.69, 9.17) is 0 Å². The highest BCUT2D eigenvalue weighted by atomic mass is 16.2. The molecular weight excluding hydrogens is 342 g/mol. The molecule has 1 N–H and O–H groups in total. The van der Waals surface area contributed by atoms with Crippen LogP contribution in [0, 0.1) is 0 Å². The van der Waals surface area contributed by atoms with Crippen LogP contribution in [0.2, 0.25) is 0 Å². The predicted molar refractivity (Wildman–Crippen MR) is 104 cm³/mol. The molecule has 142 valence electrons. The van der Waals surface area contributed by atoms with E-state index in [0.29, 0.717) is 11.0 Å². The Morgan fingerprint density at radius 1 is 1.22 bits per heavy atom. The number of carbonyl (C=O) groups excluding carboxylic acids is 1. The van der Waals surface area contributed by atoms with E-state index < -0.39 is 0 Å². The second kappa shape index (κ2) is 6.98. The lowest BCUT2D eigenvalue weighted by Gasteiger charge is -2.21. The van der Waals surface area contributed by atoms with Gasteiger partial charge in [0.15, 0.2) is 5.65 Å². The molecule has 7 heteroatoms. The lowest BCUT2D eigenvalue weighted by atomic mass is 9.86. The number of carbonyl (C=O) groups is 1. The van der Waals surface area contributed by atoms with Gasteiger partial charge in [0.05, 0.1) is 12.2 Å². The van der Waals surface area contributed by atoms with Gasteiger partial charge in [-0.1, -0.05) is 45.0 Å². The van der Waals surface area contributed by atoms with Gasteiger partial charge in [-0.3, -0.25) is 18.8 Å². The van der Waals surface area contributed by atoms with Crippen molar-refractivity contribution in [1.29, 1.82) is 0 Å². The number of nitrogens with one attached hydrogen (secondary N) is 1. The van der Waals surface area contributed by atoms with Crippen molar-refractivity contribution in [2.45, 2.75) is 45.7 Å². The molecule has 0 radical (unpaired) electrons. The third-order valence-electron chi connectivity index (χ3n) is 4.69. The molecule has 0 spiro atoms. The molecule has 0 aliphatic rings. The Balaban J connectivity index is 1.70. The Labute approximate surface area is 158 Å². The van der Waals surface area contributed by atoms with E-state index in [-0.39, 0.29) is 29.5 Å².